The van der Waals surface area contributed by atoms with Crippen molar-refractivity contribution in [1.82, 2.24) is 0 Å². The lowest BCUT2D eigenvalue weighted by atomic mass is 9.56. The maximum absolute atomic E-state index is 14.5. The van der Waals surface area contributed by atoms with E-state index in [0.29, 0.717) is 23.7 Å². The summed E-state index contributed by atoms with van der Waals surface area (Å²) in [5.41, 5.74) is -1.94. The first kappa shape index (κ1) is 12.2. The first-order valence-electron chi connectivity index (χ1n) is 8.20. The van der Waals surface area contributed by atoms with Gasteiger partial charge in [-0.05, 0) is 41.9 Å². The molecule has 5 saturated carbocycles. The fraction of sp³-hybridized carbons (Fsp3) is 0.647. The topological polar surface area (TPSA) is 9.23 Å². The van der Waals surface area contributed by atoms with Crippen molar-refractivity contribution >= 4 is 0 Å². The molecule has 2 aliphatic heterocycles. The van der Waals surface area contributed by atoms with Gasteiger partial charge >= 0.3 is 0 Å². The summed E-state index contributed by atoms with van der Waals surface area (Å²) in [6, 6.07) is 0. The maximum Gasteiger partial charge on any atom is 0.200 e. The van der Waals surface area contributed by atoms with Crippen LogP contribution in [-0.4, -0.2) is 6.10 Å². The van der Waals surface area contributed by atoms with Gasteiger partial charge in [0.2, 0.25) is 5.82 Å². The van der Waals surface area contributed by atoms with Gasteiger partial charge < -0.3 is 4.74 Å². The van der Waals surface area contributed by atoms with Gasteiger partial charge in [0, 0.05) is 11.8 Å². The molecule has 1 nitrogen and oxygen atoms in total. The van der Waals surface area contributed by atoms with E-state index < -0.39 is 40.3 Å². The summed E-state index contributed by atoms with van der Waals surface area (Å²) in [7, 11) is 0. The monoisotopic (exact) mass is 326 g/mol. The minimum Gasteiger partial charge on any atom is -0.366 e. The van der Waals surface area contributed by atoms with Crippen LogP contribution in [0.3, 0.4) is 0 Å². The van der Waals surface area contributed by atoms with Gasteiger partial charge in [0.15, 0.2) is 23.3 Å². The van der Waals surface area contributed by atoms with Crippen LogP contribution in [0.2, 0.25) is 0 Å². The van der Waals surface area contributed by atoms with E-state index in [0.717, 1.165) is 6.42 Å². The second kappa shape index (κ2) is 3.05. The van der Waals surface area contributed by atoms with Crippen LogP contribution in [0.15, 0.2) is 0 Å². The lowest BCUT2D eigenvalue weighted by molar-refractivity contribution is -0.0418. The molecular weight excluding hydrogens is 315 g/mol. The van der Waals surface area contributed by atoms with Crippen LogP contribution in [0.5, 0.6) is 0 Å². The Balaban J connectivity index is 1.57. The van der Waals surface area contributed by atoms with Gasteiger partial charge in [0.1, 0.15) is 5.60 Å². The standard InChI is InChI=1S/C17H11F5O/c18-11-10(12(19)14(21)15(22)13(11)20)17-8-3-1-2-4-5(3)9(17)7(4)16(23-17)6(2)8/h2-9,16H,1H2/t2-,3+,4+,5-,6+,7-,8+,9+,16+,17+/m0/s1. The molecule has 0 N–H and O–H groups in total. The number of hydrogen-bond donors (Lipinski definition) is 0. The SMILES string of the molecule is Fc1c(F)c(F)c([C@]23O[C@H]4[C@H]5[C@@H]6[C@@H]7C[C@H]([C@@H]6[C@H]52)[C@@H]3[C@@H]74)c(F)c1F. The highest BCUT2D eigenvalue weighted by atomic mass is 19.2. The number of hydrogen-bond acceptors (Lipinski definition) is 1. The van der Waals surface area contributed by atoms with Crippen molar-refractivity contribution in [2.45, 2.75) is 18.1 Å². The fourth-order valence-electron chi connectivity index (χ4n) is 8.35. The molecule has 1 aromatic rings. The molecule has 4 bridgehead atoms. The van der Waals surface area contributed by atoms with Crippen LogP contribution in [0.4, 0.5) is 22.0 Å². The van der Waals surface area contributed by atoms with Crippen LogP contribution >= 0.6 is 0 Å². The van der Waals surface area contributed by atoms with Gasteiger partial charge in [-0.3, -0.25) is 0 Å². The van der Waals surface area contributed by atoms with Crippen molar-refractivity contribution in [2.75, 3.05) is 0 Å². The average Bonchev–Trinajstić information content (AvgIpc) is 3.16. The van der Waals surface area contributed by atoms with E-state index in [1.165, 1.54) is 0 Å². The van der Waals surface area contributed by atoms with Crippen molar-refractivity contribution < 1.29 is 26.7 Å². The zero-order chi connectivity index (χ0) is 15.6. The van der Waals surface area contributed by atoms with Gasteiger partial charge in [-0.1, -0.05) is 0 Å². The van der Waals surface area contributed by atoms with Crippen LogP contribution in [0.25, 0.3) is 0 Å². The molecule has 1 aromatic carbocycles. The van der Waals surface area contributed by atoms with Gasteiger partial charge in [0.25, 0.3) is 0 Å². The normalized spacial score (nSPS) is 58.0. The van der Waals surface area contributed by atoms with Gasteiger partial charge in [-0.2, -0.15) is 0 Å². The largest absolute Gasteiger partial charge is 0.366 e. The molecule has 6 heteroatoms. The highest BCUT2D eigenvalue weighted by Crippen LogP contribution is 2.92. The summed E-state index contributed by atoms with van der Waals surface area (Å²) >= 11 is 0. The Bertz CT molecular complexity index is 800. The lowest BCUT2D eigenvalue weighted by Gasteiger charge is -2.46. The molecular formula is C17H11F5O. The van der Waals surface area contributed by atoms with E-state index in [4.69, 9.17) is 4.74 Å². The molecule has 7 aliphatic rings. The highest BCUT2D eigenvalue weighted by molar-refractivity contribution is 5.46. The highest BCUT2D eigenvalue weighted by Gasteiger charge is 2.93. The number of benzene rings is 1. The van der Waals surface area contributed by atoms with Crippen LogP contribution < -0.4 is 0 Å². The summed E-state index contributed by atoms with van der Waals surface area (Å²) in [4.78, 5) is 0. The fourth-order valence-corrected chi connectivity index (χ4v) is 8.35. The molecule has 23 heavy (non-hydrogen) atoms. The average molecular weight is 326 g/mol. The molecule has 120 valence electrons. The Morgan fingerprint density at radius 1 is 0.696 bits per heavy atom. The van der Waals surface area contributed by atoms with E-state index in [9.17, 15) is 22.0 Å². The number of halogens is 5. The molecule has 7 fully saturated rings. The summed E-state index contributed by atoms with van der Waals surface area (Å²) < 4.78 is 76.1. The summed E-state index contributed by atoms with van der Waals surface area (Å²) in [5, 5.41) is 0. The van der Waals surface area contributed by atoms with E-state index in [-0.39, 0.29) is 29.8 Å². The van der Waals surface area contributed by atoms with Crippen molar-refractivity contribution in [3.8, 4) is 0 Å². The molecule has 2 saturated heterocycles. The zero-order valence-corrected chi connectivity index (χ0v) is 11.7. The van der Waals surface area contributed by atoms with Crippen LogP contribution in [-0.2, 0) is 10.3 Å². The predicted molar refractivity (Wildman–Crippen MR) is 65.3 cm³/mol. The smallest absolute Gasteiger partial charge is 0.200 e. The van der Waals surface area contributed by atoms with Gasteiger partial charge in [-0.15, -0.1) is 0 Å². The summed E-state index contributed by atoms with van der Waals surface area (Å²) in [6.07, 6.45) is 1.02. The second-order valence-corrected chi connectivity index (χ2v) is 8.24. The minimum atomic E-state index is -2.08. The molecule has 0 spiro atoms. The second-order valence-electron chi connectivity index (χ2n) is 8.24. The van der Waals surface area contributed by atoms with Crippen molar-refractivity contribution in [1.29, 1.82) is 0 Å². The summed E-state index contributed by atoms with van der Waals surface area (Å²) in [6.45, 7) is 0. The maximum atomic E-state index is 14.5. The van der Waals surface area contributed by atoms with Crippen molar-refractivity contribution in [3.05, 3.63) is 34.6 Å². The van der Waals surface area contributed by atoms with Gasteiger partial charge in [0.05, 0.1) is 11.7 Å². The van der Waals surface area contributed by atoms with Gasteiger partial charge in [-0.25, -0.2) is 22.0 Å². The number of ether oxygens (including phenoxy) is 1. The Morgan fingerprint density at radius 2 is 1.35 bits per heavy atom. The Hall–Kier alpha value is -1.17. The molecule has 5 aliphatic carbocycles. The van der Waals surface area contributed by atoms with Crippen molar-refractivity contribution in [2.24, 2.45) is 47.3 Å². The molecule has 0 aromatic heterocycles. The molecule has 0 unspecified atom stereocenters. The zero-order valence-electron chi connectivity index (χ0n) is 11.7. The first-order chi connectivity index (χ1) is 11.0. The third-order valence-electron chi connectivity index (χ3n) is 8.30. The van der Waals surface area contributed by atoms with Crippen LogP contribution in [0, 0.1) is 76.4 Å². The van der Waals surface area contributed by atoms with E-state index in [1.807, 2.05) is 0 Å². The third-order valence-corrected chi connectivity index (χ3v) is 8.30. The van der Waals surface area contributed by atoms with E-state index >= 15 is 0 Å². The third kappa shape index (κ3) is 0.839. The van der Waals surface area contributed by atoms with Crippen LogP contribution in [0.1, 0.15) is 12.0 Å². The molecule has 0 radical (unpaired) electrons. The van der Waals surface area contributed by atoms with E-state index in [2.05, 4.69) is 0 Å². The molecule has 2 heterocycles. The molecule has 8 rings (SSSR count). The number of rotatable bonds is 1. The quantitative estimate of drug-likeness (QED) is 0.437. The van der Waals surface area contributed by atoms with Crippen molar-refractivity contribution in [3.63, 3.8) is 0 Å². The molecule has 10 atom stereocenters. The Kier molecular flexibility index (Phi) is 1.62. The first-order valence-corrected chi connectivity index (χ1v) is 8.20. The summed E-state index contributed by atoms with van der Waals surface area (Å²) in [5.74, 6) is -6.89. The predicted octanol–water partition coefficient (Wildman–Crippen LogP) is 3.36. The lowest BCUT2D eigenvalue weighted by Crippen LogP contribution is -2.48. The Morgan fingerprint density at radius 3 is 2.04 bits per heavy atom. The Labute approximate surface area is 127 Å². The molecule has 0 amide bonds. The minimum absolute atomic E-state index is 0.0290. The van der Waals surface area contributed by atoms with E-state index in [1.54, 1.807) is 0 Å².